The second-order valence-electron chi connectivity index (χ2n) is 4.03. The molecule has 0 heterocycles. The van der Waals surface area contributed by atoms with Crippen molar-refractivity contribution in [3.8, 4) is 5.75 Å². The molecule has 0 aliphatic heterocycles. The van der Waals surface area contributed by atoms with Crippen LogP contribution in [0.3, 0.4) is 0 Å². The highest BCUT2D eigenvalue weighted by molar-refractivity contribution is 5.98. The predicted molar refractivity (Wildman–Crippen MR) is 71.0 cm³/mol. The van der Waals surface area contributed by atoms with Crippen molar-refractivity contribution in [2.45, 2.75) is 6.92 Å². The first-order valence-electron chi connectivity index (χ1n) is 5.53. The molecule has 2 rings (SSSR count). The van der Waals surface area contributed by atoms with E-state index in [4.69, 9.17) is 5.73 Å². The van der Waals surface area contributed by atoms with E-state index in [-0.39, 0.29) is 5.75 Å². The number of anilines is 2. The molecule has 4 heteroatoms. The van der Waals surface area contributed by atoms with Crippen molar-refractivity contribution in [3.63, 3.8) is 0 Å². The van der Waals surface area contributed by atoms with Gasteiger partial charge in [0, 0.05) is 6.07 Å². The number of urea groups is 1. The van der Waals surface area contributed by atoms with E-state index >= 15 is 0 Å². The Labute approximate surface area is 105 Å². The Balaban J connectivity index is 2.46. The van der Waals surface area contributed by atoms with Crippen LogP contribution in [0.25, 0.3) is 0 Å². The molecular weight excluding hydrogens is 228 g/mol. The van der Waals surface area contributed by atoms with Crippen LogP contribution in [0.15, 0.2) is 48.5 Å². The van der Waals surface area contributed by atoms with Gasteiger partial charge in [-0.05, 0) is 31.2 Å². The van der Waals surface area contributed by atoms with Crippen molar-refractivity contribution in [1.29, 1.82) is 0 Å². The van der Waals surface area contributed by atoms with E-state index in [0.717, 1.165) is 5.56 Å². The zero-order valence-corrected chi connectivity index (χ0v) is 10.00. The Morgan fingerprint density at radius 2 is 1.78 bits per heavy atom. The molecule has 0 saturated heterocycles. The molecule has 0 aliphatic carbocycles. The van der Waals surface area contributed by atoms with Crippen molar-refractivity contribution >= 4 is 17.4 Å². The fourth-order valence-electron chi connectivity index (χ4n) is 1.73. The average Bonchev–Trinajstić information content (AvgIpc) is 2.32. The third kappa shape index (κ3) is 2.43. The molecule has 0 saturated carbocycles. The summed E-state index contributed by atoms with van der Waals surface area (Å²) in [6, 6.07) is 13.2. The fraction of sp³-hybridized carbons (Fsp3) is 0.0714. The Hall–Kier alpha value is -2.49. The van der Waals surface area contributed by atoms with Gasteiger partial charge in [0.25, 0.3) is 0 Å². The first-order valence-corrected chi connectivity index (χ1v) is 5.53. The van der Waals surface area contributed by atoms with Crippen LogP contribution in [0.1, 0.15) is 5.56 Å². The lowest BCUT2D eigenvalue weighted by atomic mass is 10.2. The van der Waals surface area contributed by atoms with Gasteiger partial charge in [0.15, 0.2) is 0 Å². The Morgan fingerprint density at radius 3 is 2.33 bits per heavy atom. The van der Waals surface area contributed by atoms with E-state index in [1.54, 1.807) is 12.1 Å². The zero-order valence-electron chi connectivity index (χ0n) is 10.00. The number of benzene rings is 2. The number of amides is 2. The molecule has 0 aromatic heterocycles. The lowest BCUT2D eigenvalue weighted by Crippen LogP contribution is -2.31. The summed E-state index contributed by atoms with van der Waals surface area (Å²) in [5.41, 5.74) is 7.69. The summed E-state index contributed by atoms with van der Waals surface area (Å²) < 4.78 is 0. The van der Waals surface area contributed by atoms with Gasteiger partial charge in [-0.1, -0.05) is 23.8 Å². The van der Waals surface area contributed by atoms with Gasteiger partial charge >= 0.3 is 6.03 Å². The molecule has 0 radical (unpaired) electrons. The summed E-state index contributed by atoms with van der Waals surface area (Å²) in [6.07, 6.45) is 0. The van der Waals surface area contributed by atoms with Crippen LogP contribution in [-0.4, -0.2) is 11.1 Å². The van der Waals surface area contributed by atoms with Gasteiger partial charge < -0.3 is 10.8 Å². The highest BCUT2D eigenvalue weighted by Crippen LogP contribution is 2.27. The topological polar surface area (TPSA) is 66.6 Å². The number of nitrogens with two attached hydrogens (primary N) is 1. The van der Waals surface area contributed by atoms with E-state index in [0.29, 0.717) is 11.4 Å². The van der Waals surface area contributed by atoms with Gasteiger partial charge in [-0.25, -0.2) is 4.79 Å². The number of carbonyl (C=O) groups excluding carboxylic acids is 1. The number of primary amides is 1. The quantitative estimate of drug-likeness (QED) is 0.850. The second kappa shape index (κ2) is 4.79. The van der Waals surface area contributed by atoms with E-state index < -0.39 is 6.03 Å². The van der Waals surface area contributed by atoms with E-state index in [1.165, 1.54) is 17.0 Å². The molecule has 0 atom stereocenters. The largest absolute Gasteiger partial charge is 0.508 e. The third-order valence-electron chi connectivity index (χ3n) is 2.60. The zero-order chi connectivity index (χ0) is 13.1. The Morgan fingerprint density at radius 1 is 1.11 bits per heavy atom. The molecule has 2 aromatic carbocycles. The lowest BCUT2D eigenvalue weighted by Gasteiger charge is -2.20. The third-order valence-corrected chi connectivity index (χ3v) is 2.60. The van der Waals surface area contributed by atoms with Crippen LogP contribution in [0, 0.1) is 6.92 Å². The molecule has 4 nitrogen and oxygen atoms in total. The van der Waals surface area contributed by atoms with Crippen LogP contribution >= 0.6 is 0 Å². The van der Waals surface area contributed by atoms with Crippen molar-refractivity contribution in [1.82, 2.24) is 0 Å². The average molecular weight is 242 g/mol. The van der Waals surface area contributed by atoms with Crippen LogP contribution in [0.4, 0.5) is 16.2 Å². The number of phenolic OH excluding ortho intramolecular Hbond substituents is 1. The molecule has 18 heavy (non-hydrogen) atoms. The van der Waals surface area contributed by atoms with Gasteiger partial charge in [0.2, 0.25) is 0 Å². The lowest BCUT2D eigenvalue weighted by molar-refractivity contribution is 0.256. The highest BCUT2D eigenvalue weighted by Gasteiger charge is 2.14. The fourth-order valence-corrected chi connectivity index (χ4v) is 1.73. The number of hydrogen-bond acceptors (Lipinski definition) is 2. The minimum Gasteiger partial charge on any atom is -0.508 e. The Bertz CT molecular complexity index is 564. The van der Waals surface area contributed by atoms with Crippen LogP contribution in [-0.2, 0) is 0 Å². The van der Waals surface area contributed by atoms with Crippen molar-refractivity contribution < 1.29 is 9.90 Å². The number of nitrogens with zero attached hydrogens (tertiary/aromatic N) is 1. The first-order chi connectivity index (χ1) is 8.58. The normalized spacial score (nSPS) is 10.1. The van der Waals surface area contributed by atoms with Crippen molar-refractivity contribution in [2.75, 3.05) is 4.90 Å². The SMILES string of the molecule is Cc1ccc(N(C(N)=O)c2cccc(O)c2)cc1. The maximum absolute atomic E-state index is 11.6. The van der Waals surface area contributed by atoms with Gasteiger partial charge in [-0.2, -0.15) is 0 Å². The molecule has 92 valence electrons. The number of hydrogen-bond donors (Lipinski definition) is 2. The first kappa shape index (κ1) is 12.0. The van der Waals surface area contributed by atoms with Gasteiger partial charge in [0.05, 0.1) is 11.4 Å². The van der Waals surface area contributed by atoms with Gasteiger partial charge in [-0.3, -0.25) is 4.90 Å². The molecule has 3 N–H and O–H groups in total. The minimum atomic E-state index is -0.593. The monoisotopic (exact) mass is 242 g/mol. The highest BCUT2D eigenvalue weighted by atomic mass is 16.3. The van der Waals surface area contributed by atoms with Crippen molar-refractivity contribution in [3.05, 3.63) is 54.1 Å². The van der Waals surface area contributed by atoms with Gasteiger partial charge in [-0.15, -0.1) is 0 Å². The Kier molecular flexibility index (Phi) is 3.19. The van der Waals surface area contributed by atoms with E-state index in [2.05, 4.69) is 0 Å². The summed E-state index contributed by atoms with van der Waals surface area (Å²) in [7, 11) is 0. The summed E-state index contributed by atoms with van der Waals surface area (Å²) in [5, 5.41) is 9.46. The molecule has 0 bridgehead atoms. The van der Waals surface area contributed by atoms with E-state index in [9.17, 15) is 9.90 Å². The summed E-state index contributed by atoms with van der Waals surface area (Å²) in [5.74, 6) is 0.0888. The number of phenols is 1. The number of aromatic hydroxyl groups is 1. The van der Waals surface area contributed by atoms with Crippen LogP contribution in [0.5, 0.6) is 5.75 Å². The molecule has 2 aromatic rings. The maximum atomic E-state index is 11.6. The molecule has 0 fully saturated rings. The molecule has 0 aliphatic rings. The minimum absolute atomic E-state index is 0.0888. The van der Waals surface area contributed by atoms with Gasteiger partial charge in [0.1, 0.15) is 5.75 Å². The molecule has 0 unspecified atom stereocenters. The van der Waals surface area contributed by atoms with Crippen LogP contribution < -0.4 is 10.6 Å². The second-order valence-corrected chi connectivity index (χ2v) is 4.03. The smallest absolute Gasteiger partial charge is 0.323 e. The molecule has 2 amide bonds. The summed E-state index contributed by atoms with van der Waals surface area (Å²) in [4.78, 5) is 12.9. The maximum Gasteiger partial charge on any atom is 0.323 e. The number of rotatable bonds is 2. The number of carbonyl (C=O) groups is 1. The van der Waals surface area contributed by atoms with Crippen molar-refractivity contribution in [2.24, 2.45) is 5.73 Å². The summed E-state index contributed by atoms with van der Waals surface area (Å²) >= 11 is 0. The summed E-state index contributed by atoms with van der Waals surface area (Å²) in [6.45, 7) is 1.97. The standard InChI is InChI=1S/C14H14N2O2/c1-10-5-7-11(8-6-10)16(14(15)18)12-3-2-4-13(17)9-12/h2-9,17H,1H3,(H2,15,18). The predicted octanol–water partition coefficient (Wildman–Crippen LogP) is 2.92. The van der Waals surface area contributed by atoms with Crippen LogP contribution in [0.2, 0.25) is 0 Å². The molecule has 0 spiro atoms. The molecular formula is C14H14N2O2. The number of aryl methyl sites for hydroxylation is 1. The van der Waals surface area contributed by atoms with E-state index in [1.807, 2.05) is 31.2 Å².